The topological polar surface area (TPSA) is 15.3 Å². The molecule has 0 saturated carbocycles. The lowest BCUT2D eigenvalue weighted by atomic mass is 10.3. The zero-order chi connectivity index (χ0) is 9.03. The quantitative estimate of drug-likeness (QED) is 0.751. The number of nitrogens with zero attached hydrogens (tertiary/aromatic N) is 1. The Labute approximate surface area is 81.9 Å². The summed E-state index contributed by atoms with van der Waals surface area (Å²) in [5.41, 5.74) is 0. The summed E-state index contributed by atoms with van der Waals surface area (Å²) < 4.78 is 35.3. The minimum Gasteiger partial charge on any atom is -0.314 e. The summed E-state index contributed by atoms with van der Waals surface area (Å²) in [7, 11) is 0. The molecule has 80 valence electrons. The molecular weight excluding hydrogens is 205 g/mol. The number of hydrogen-bond donors (Lipinski definition) is 1. The normalized spacial score (nSPS) is 19.6. The van der Waals surface area contributed by atoms with Crippen LogP contribution < -0.4 is 5.32 Å². The lowest BCUT2D eigenvalue weighted by molar-refractivity contribution is -0.138. The highest BCUT2D eigenvalue weighted by molar-refractivity contribution is 5.85. The van der Waals surface area contributed by atoms with Crippen molar-refractivity contribution in [1.29, 1.82) is 0 Å². The number of alkyl halides is 3. The molecule has 0 aliphatic carbocycles. The molecule has 0 aromatic rings. The van der Waals surface area contributed by atoms with Crippen LogP contribution in [-0.2, 0) is 0 Å². The monoisotopic (exact) mass is 218 g/mol. The fourth-order valence-electron chi connectivity index (χ4n) is 1.22. The Hall–Kier alpha value is -0.0000000000000000416. The summed E-state index contributed by atoms with van der Waals surface area (Å²) in [4.78, 5) is 1.84. The van der Waals surface area contributed by atoms with Gasteiger partial charge in [-0.25, -0.2) is 0 Å². The van der Waals surface area contributed by atoms with Crippen LogP contribution in [-0.4, -0.2) is 43.8 Å². The first-order chi connectivity index (χ1) is 5.58. The molecule has 0 bridgehead atoms. The first kappa shape index (κ1) is 13.0. The van der Waals surface area contributed by atoms with Gasteiger partial charge in [0.25, 0.3) is 0 Å². The summed E-state index contributed by atoms with van der Waals surface area (Å²) in [5, 5.41) is 3.09. The van der Waals surface area contributed by atoms with Crippen molar-refractivity contribution < 1.29 is 13.2 Å². The molecule has 0 radical (unpaired) electrons. The van der Waals surface area contributed by atoms with Crippen molar-refractivity contribution >= 4 is 12.4 Å². The van der Waals surface area contributed by atoms with Crippen LogP contribution >= 0.6 is 12.4 Å². The van der Waals surface area contributed by atoms with Crippen molar-refractivity contribution in [2.45, 2.75) is 12.6 Å². The van der Waals surface area contributed by atoms with Crippen LogP contribution in [0.4, 0.5) is 13.2 Å². The van der Waals surface area contributed by atoms with Crippen molar-refractivity contribution in [3.63, 3.8) is 0 Å². The van der Waals surface area contributed by atoms with Crippen LogP contribution in [0.25, 0.3) is 0 Å². The molecular formula is C7H14ClF3N2. The van der Waals surface area contributed by atoms with E-state index in [2.05, 4.69) is 5.32 Å². The van der Waals surface area contributed by atoms with Gasteiger partial charge in [-0.05, 0) is 0 Å². The Morgan fingerprint density at radius 1 is 1.15 bits per heavy atom. The first-order valence-corrected chi connectivity index (χ1v) is 4.08. The lowest BCUT2D eigenvalue weighted by Crippen LogP contribution is -2.44. The van der Waals surface area contributed by atoms with Gasteiger partial charge >= 0.3 is 6.18 Å². The summed E-state index contributed by atoms with van der Waals surface area (Å²) in [5.74, 6) is 0. The van der Waals surface area contributed by atoms with Gasteiger partial charge in [0.05, 0.1) is 6.42 Å². The molecule has 1 N–H and O–H groups in total. The first-order valence-electron chi connectivity index (χ1n) is 4.08. The van der Waals surface area contributed by atoms with E-state index < -0.39 is 12.6 Å². The summed E-state index contributed by atoms with van der Waals surface area (Å²) in [6.07, 6.45) is -4.70. The van der Waals surface area contributed by atoms with Crippen LogP contribution in [0.1, 0.15) is 6.42 Å². The summed E-state index contributed by atoms with van der Waals surface area (Å²) in [6.45, 7) is 3.22. The molecule has 6 heteroatoms. The number of nitrogens with one attached hydrogen (secondary N) is 1. The van der Waals surface area contributed by atoms with E-state index in [4.69, 9.17) is 0 Å². The van der Waals surface area contributed by atoms with Gasteiger partial charge in [0.15, 0.2) is 0 Å². The molecule has 1 heterocycles. The van der Waals surface area contributed by atoms with Gasteiger partial charge in [0.1, 0.15) is 0 Å². The van der Waals surface area contributed by atoms with Gasteiger partial charge in [0.2, 0.25) is 0 Å². The van der Waals surface area contributed by atoms with E-state index in [1.54, 1.807) is 0 Å². The SMILES string of the molecule is Cl.FC(F)(F)CCN1CCNCC1. The standard InChI is InChI=1S/C7H13F3N2.ClH/c8-7(9,10)1-4-12-5-2-11-3-6-12;/h11H,1-6H2;1H. The molecule has 1 saturated heterocycles. The predicted molar refractivity (Wildman–Crippen MR) is 47.2 cm³/mol. The van der Waals surface area contributed by atoms with Crippen molar-refractivity contribution in [3.05, 3.63) is 0 Å². The number of rotatable bonds is 2. The minimum absolute atomic E-state index is 0. The number of piperazine rings is 1. The Balaban J connectivity index is 0.00000144. The van der Waals surface area contributed by atoms with Gasteiger partial charge in [0, 0.05) is 32.7 Å². The molecule has 1 aliphatic heterocycles. The predicted octanol–water partition coefficient (Wildman–Crippen LogP) is 1.27. The van der Waals surface area contributed by atoms with Gasteiger partial charge < -0.3 is 10.2 Å². The van der Waals surface area contributed by atoms with Gasteiger partial charge in [-0.1, -0.05) is 0 Å². The molecule has 2 nitrogen and oxygen atoms in total. The fourth-order valence-corrected chi connectivity index (χ4v) is 1.22. The average molecular weight is 219 g/mol. The Bertz CT molecular complexity index is 134. The van der Waals surface area contributed by atoms with Crippen LogP contribution in [0.2, 0.25) is 0 Å². The van der Waals surface area contributed by atoms with E-state index in [1.807, 2.05) is 4.90 Å². The molecule has 0 amide bonds. The summed E-state index contributed by atoms with van der Waals surface area (Å²) in [6, 6.07) is 0. The third kappa shape index (κ3) is 6.12. The smallest absolute Gasteiger partial charge is 0.314 e. The van der Waals surface area contributed by atoms with E-state index in [0.717, 1.165) is 26.2 Å². The Kier molecular flexibility index (Phi) is 5.67. The highest BCUT2D eigenvalue weighted by Crippen LogP contribution is 2.19. The highest BCUT2D eigenvalue weighted by atomic mass is 35.5. The maximum absolute atomic E-state index is 11.8. The van der Waals surface area contributed by atoms with Gasteiger partial charge in [-0.3, -0.25) is 0 Å². The molecule has 1 fully saturated rings. The second kappa shape index (κ2) is 5.67. The average Bonchev–Trinajstić information content (AvgIpc) is 2.02. The molecule has 0 spiro atoms. The van der Waals surface area contributed by atoms with Crippen LogP contribution in [0, 0.1) is 0 Å². The number of halogens is 4. The van der Waals surface area contributed by atoms with Gasteiger partial charge in [-0.2, -0.15) is 13.2 Å². The van der Waals surface area contributed by atoms with E-state index in [-0.39, 0.29) is 19.0 Å². The van der Waals surface area contributed by atoms with Crippen molar-refractivity contribution in [2.75, 3.05) is 32.7 Å². The van der Waals surface area contributed by atoms with Crippen molar-refractivity contribution in [2.24, 2.45) is 0 Å². The van der Waals surface area contributed by atoms with E-state index in [1.165, 1.54) is 0 Å². The van der Waals surface area contributed by atoms with E-state index in [9.17, 15) is 13.2 Å². The molecule has 1 aliphatic rings. The molecule has 1 rings (SSSR count). The molecule has 0 atom stereocenters. The lowest BCUT2D eigenvalue weighted by Gasteiger charge is -2.27. The third-order valence-corrected chi connectivity index (χ3v) is 1.92. The number of hydrogen-bond acceptors (Lipinski definition) is 2. The largest absolute Gasteiger partial charge is 0.390 e. The second-order valence-corrected chi connectivity index (χ2v) is 2.96. The highest BCUT2D eigenvalue weighted by Gasteiger charge is 2.27. The zero-order valence-electron chi connectivity index (χ0n) is 7.23. The van der Waals surface area contributed by atoms with Crippen LogP contribution in [0.3, 0.4) is 0 Å². The maximum atomic E-state index is 11.8. The van der Waals surface area contributed by atoms with Crippen molar-refractivity contribution in [3.8, 4) is 0 Å². The fraction of sp³-hybridized carbons (Fsp3) is 1.00. The summed E-state index contributed by atoms with van der Waals surface area (Å²) >= 11 is 0. The van der Waals surface area contributed by atoms with Crippen molar-refractivity contribution in [1.82, 2.24) is 10.2 Å². The second-order valence-electron chi connectivity index (χ2n) is 2.96. The van der Waals surface area contributed by atoms with Crippen LogP contribution in [0.5, 0.6) is 0 Å². The zero-order valence-corrected chi connectivity index (χ0v) is 8.05. The Morgan fingerprint density at radius 2 is 1.69 bits per heavy atom. The maximum Gasteiger partial charge on any atom is 0.390 e. The molecule has 0 unspecified atom stereocenters. The van der Waals surface area contributed by atoms with E-state index in [0.29, 0.717) is 0 Å². The third-order valence-electron chi connectivity index (χ3n) is 1.92. The van der Waals surface area contributed by atoms with Gasteiger partial charge in [-0.15, -0.1) is 12.4 Å². The minimum atomic E-state index is -4.01. The molecule has 13 heavy (non-hydrogen) atoms. The molecule has 0 aromatic carbocycles. The molecule has 0 aromatic heterocycles. The van der Waals surface area contributed by atoms with Crippen LogP contribution in [0.15, 0.2) is 0 Å². The Morgan fingerprint density at radius 3 is 2.15 bits per heavy atom. The van der Waals surface area contributed by atoms with E-state index >= 15 is 0 Å².